The molecule has 0 radical (unpaired) electrons. The molecule has 0 aromatic carbocycles. The van der Waals surface area contributed by atoms with Gasteiger partial charge in [-0.25, -0.2) is 0 Å². The average Bonchev–Trinajstić information content (AvgIpc) is 3.04. The van der Waals surface area contributed by atoms with E-state index in [-0.39, 0.29) is 19.3 Å². The van der Waals surface area contributed by atoms with Crippen molar-refractivity contribution in [3.63, 3.8) is 0 Å². The predicted molar refractivity (Wildman–Crippen MR) is 109 cm³/mol. The number of aliphatic carboxylic acids is 1. The Morgan fingerprint density at radius 1 is 1.07 bits per heavy atom. The van der Waals surface area contributed by atoms with E-state index in [1.54, 1.807) is 0 Å². The van der Waals surface area contributed by atoms with Gasteiger partial charge < -0.3 is 25.2 Å². The molecule has 0 unspecified atom stereocenters. The van der Waals surface area contributed by atoms with Gasteiger partial charge in [0.2, 0.25) is 0 Å². The standard InChI is InChI=1S/C22H34O6/c1-2-3-4-5-6-7-8-9-10-11-17(23)12-13-18(24)21-16-19(25)20(28-21)14-15-22(26)27/h3-4,6-7,9-10,12-13,17-21,23-25H,2,5,8,11,14-16H2,1H3,(H,26,27)/b4-3-,7-6-,10-9-,13-12+/t17-,18-,19+,20-,21-/m0/s1. The quantitative estimate of drug-likeness (QED) is 0.358. The van der Waals surface area contributed by atoms with Gasteiger partial charge in [-0.2, -0.15) is 0 Å². The second-order valence-electron chi connectivity index (χ2n) is 6.92. The summed E-state index contributed by atoms with van der Waals surface area (Å²) in [5.41, 5.74) is 0. The van der Waals surface area contributed by atoms with Crippen LogP contribution in [0.25, 0.3) is 0 Å². The maximum Gasteiger partial charge on any atom is 0.303 e. The monoisotopic (exact) mass is 394 g/mol. The summed E-state index contributed by atoms with van der Waals surface area (Å²) in [5.74, 6) is -0.945. The second-order valence-corrected chi connectivity index (χ2v) is 6.92. The van der Waals surface area contributed by atoms with E-state index in [9.17, 15) is 20.1 Å². The number of allylic oxidation sites excluding steroid dienone is 5. The van der Waals surface area contributed by atoms with Gasteiger partial charge in [0, 0.05) is 12.8 Å². The molecule has 1 saturated heterocycles. The van der Waals surface area contributed by atoms with E-state index in [0.29, 0.717) is 6.42 Å². The third-order valence-corrected chi connectivity index (χ3v) is 4.46. The number of hydrogen-bond acceptors (Lipinski definition) is 5. The van der Waals surface area contributed by atoms with Crippen LogP contribution in [-0.2, 0) is 9.53 Å². The van der Waals surface area contributed by atoms with E-state index in [2.05, 4.69) is 31.2 Å². The number of hydrogen-bond donors (Lipinski definition) is 4. The van der Waals surface area contributed by atoms with Crippen molar-refractivity contribution in [1.82, 2.24) is 0 Å². The molecule has 1 heterocycles. The molecule has 0 spiro atoms. The molecule has 28 heavy (non-hydrogen) atoms. The highest BCUT2D eigenvalue weighted by molar-refractivity contribution is 5.66. The van der Waals surface area contributed by atoms with Crippen molar-refractivity contribution in [3.05, 3.63) is 48.6 Å². The van der Waals surface area contributed by atoms with Gasteiger partial charge >= 0.3 is 5.97 Å². The number of rotatable bonds is 13. The largest absolute Gasteiger partial charge is 0.481 e. The SMILES string of the molecule is CC/C=C\C/C=C\C/C=C\C[C@H](O)/C=C/[C@H](O)[C@@H]1C[C@@H](O)[C@H](CCC(=O)O)O1. The van der Waals surface area contributed by atoms with Gasteiger partial charge in [0.15, 0.2) is 0 Å². The topological polar surface area (TPSA) is 107 Å². The van der Waals surface area contributed by atoms with Crippen molar-refractivity contribution in [2.75, 3.05) is 0 Å². The molecule has 0 aromatic heterocycles. The first-order valence-electron chi connectivity index (χ1n) is 9.98. The number of aliphatic hydroxyl groups is 3. The summed E-state index contributed by atoms with van der Waals surface area (Å²) in [7, 11) is 0. The minimum absolute atomic E-state index is 0.0872. The average molecular weight is 395 g/mol. The Morgan fingerprint density at radius 2 is 1.71 bits per heavy atom. The molecule has 0 amide bonds. The normalized spacial score (nSPS) is 25.5. The van der Waals surface area contributed by atoms with Crippen molar-refractivity contribution in [1.29, 1.82) is 0 Å². The molecule has 1 aliphatic heterocycles. The second kappa shape index (κ2) is 14.3. The molecule has 158 valence electrons. The van der Waals surface area contributed by atoms with Crippen LogP contribution >= 0.6 is 0 Å². The number of ether oxygens (including phenoxy) is 1. The molecule has 0 aromatic rings. The summed E-state index contributed by atoms with van der Waals surface area (Å²) >= 11 is 0. The molecule has 5 atom stereocenters. The lowest BCUT2D eigenvalue weighted by molar-refractivity contribution is -0.138. The fraction of sp³-hybridized carbons (Fsp3) is 0.591. The lowest BCUT2D eigenvalue weighted by atomic mass is 10.0. The smallest absolute Gasteiger partial charge is 0.303 e. The Balaban J connectivity index is 2.28. The van der Waals surface area contributed by atoms with E-state index in [1.165, 1.54) is 12.2 Å². The zero-order valence-corrected chi connectivity index (χ0v) is 16.6. The molecule has 4 N–H and O–H groups in total. The Labute approximate surface area is 167 Å². The summed E-state index contributed by atoms with van der Waals surface area (Å²) in [6, 6.07) is 0. The molecule has 6 heteroatoms. The van der Waals surface area contributed by atoms with Crippen LogP contribution in [0.4, 0.5) is 0 Å². The zero-order chi connectivity index (χ0) is 20.8. The van der Waals surface area contributed by atoms with E-state index in [4.69, 9.17) is 9.84 Å². The highest BCUT2D eigenvalue weighted by Crippen LogP contribution is 2.26. The van der Waals surface area contributed by atoms with Crippen LogP contribution in [0.2, 0.25) is 0 Å². The van der Waals surface area contributed by atoms with Crippen LogP contribution in [0.5, 0.6) is 0 Å². The summed E-state index contributed by atoms with van der Waals surface area (Å²) in [6.07, 6.45) is 15.3. The lowest BCUT2D eigenvalue weighted by Gasteiger charge is -2.16. The first-order chi connectivity index (χ1) is 13.4. The number of aliphatic hydroxyl groups excluding tert-OH is 3. The van der Waals surface area contributed by atoms with Crippen molar-refractivity contribution < 1.29 is 30.0 Å². The van der Waals surface area contributed by atoms with Crippen molar-refractivity contribution in [2.45, 2.75) is 82.4 Å². The van der Waals surface area contributed by atoms with Gasteiger partial charge in [-0.15, -0.1) is 0 Å². The molecule has 0 bridgehead atoms. The summed E-state index contributed by atoms with van der Waals surface area (Å²) in [5, 5.41) is 38.7. The molecule has 0 saturated carbocycles. The van der Waals surface area contributed by atoms with E-state index in [0.717, 1.165) is 19.3 Å². The number of carbonyl (C=O) groups is 1. The first kappa shape index (κ1) is 24.3. The molecular weight excluding hydrogens is 360 g/mol. The minimum atomic E-state index is -0.956. The van der Waals surface area contributed by atoms with Gasteiger partial charge in [-0.1, -0.05) is 55.5 Å². The van der Waals surface area contributed by atoms with Crippen LogP contribution in [-0.4, -0.2) is 56.9 Å². The van der Waals surface area contributed by atoms with E-state index < -0.39 is 36.5 Å². The summed E-state index contributed by atoms with van der Waals surface area (Å²) < 4.78 is 5.56. The zero-order valence-electron chi connectivity index (χ0n) is 16.6. The minimum Gasteiger partial charge on any atom is -0.481 e. The third-order valence-electron chi connectivity index (χ3n) is 4.46. The molecule has 0 aliphatic carbocycles. The van der Waals surface area contributed by atoms with Crippen molar-refractivity contribution in [3.8, 4) is 0 Å². The molecule has 6 nitrogen and oxygen atoms in total. The van der Waals surface area contributed by atoms with Crippen LogP contribution in [0.15, 0.2) is 48.6 Å². The fourth-order valence-electron chi connectivity index (χ4n) is 2.90. The Morgan fingerprint density at radius 3 is 2.36 bits per heavy atom. The Kier molecular flexibility index (Phi) is 12.4. The molecule has 1 fully saturated rings. The van der Waals surface area contributed by atoms with Crippen LogP contribution in [0, 0.1) is 0 Å². The maximum absolute atomic E-state index is 10.6. The summed E-state index contributed by atoms with van der Waals surface area (Å²) in [6.45, 7) is 2.10. The van der Waals surface area contributed by atoms with Gasteiger partial charge in [-0.05, 0) is 32.1 Å². The Bertz CT molecular complexity index is 551. The molecular formula is C22H34O6. The van der Waals surface area contributed by atoms with E-state index >= 15 is 0 Å². The van der Waals surface area contributed by atoms with Gasteiger partial charge in [-0.3, -0.25) is 4.79 Å². The van der Waals surface area contributed by atoms with Crippen molar-refractivity contribution in [2.24, 2.45) is 0 Å². The fourth-order valence-corrected chi connectivity index (χ4v) is 2.90. The van der Waals surface area contributed by atoms with E-state index in [1.807, 2.05) is 12.2 Å². The number of carboxylic acids is 1. The molecule has 1 rings (SSSR count). The van der Waals surface area contributed by atoms with Gasteiger partial charge in [0.05, 0.1) is 30.5 Å². The van der Waals surface area contributed by atoms with Crippen LogP contribution in [0.3, 0.4) is 0 Å². The number of carboxylic acid groups (broad SMARTS) is 1. The van der Waals surface area contributed by atoms with Crippen LogP contribution in [0.1, 0.15) is 51.9 Å². The highest BCUT2D eigenvalue weighted by atomic mass is 16.5. The Hall–Kier alpha value is -1.73. The van der Waals surface area contributed by atoms with Crippen LogP contribution < -0.4 is 0 Å². The predicted octanol–water partition coefficient (Wildman–Crippen LogP) is 2.90. The third kappa shape index (κ3) is 10.6. The summed E-state index contributed by atoms with van der Waals surface area (Å²) in [4.78, 5) is 10.6. The van der Waals surface area contributed by atoms with Gasteiger partial charge in [0.25, 0.3) is 0 Å². The maximum atomic E-state index is 10.6. The van der Waals surface area contributed by atoms with Crippen molar-refractivity contribution >= 4 is 5.97 Å². The first-order valence-corrected chi connectivity index (χ1v) is 9.98. The van der Waals surface area contributed by atoms with Gasteiger partial charge in [0.1, 0.15) is 0 Å². The lowest BCUT2D eigenvalue weighted by Crippen LogP contribution is -2.25. The molecule has 1 aliphatic rings. The highest BCUT2D eigenvalue weighted by Gasteiger charge is 2.36.